The zero-order valence-electron chi connectivity index (χ0n) is 10.9. The summed E-state index contributed by atoms with van der Waals surface area (Å²) in [5, 5.41) is 14.6. The Bertz CT molecular complexity index is 743. The Morgan fingerprint density at radius 1 is 1.35 bits per heavy atom. The van der Waals surface area contributed by atoms with E-state index in [1.807, 2.05) is 12.1 Å². The fourth-order valence-electron chi connectivity index (χ4n) is 2.57. The molecule has 2 N–H and O–H groups in total. The Labute approximate surface area is 117 Å². The molecule has 0 spiro atoms. The lowest BCUT2D eigenvalue weighted by Crippen LogP contribution is -2.16. The first-order chi connectivity index (χ1) is 9.53. The Balaban J connectivity index is 1.79. The van der Waals surface area contributed by atoms with Crippen LogP contribution < -0.4 is 5.32 Å². The molecule has 1 aliphatic rings. The van der Waals surface area contributed by atoms with Crippen LogP contribution in [-0.4, -0.2) is 36.6 Å². The number of phenols is 1. The lowest BCUT2D eigenvalue weighted by atomic mass is 10.1. The van der Waals surface area contributed by atoms with Crippen LogP contribution in [-0.2, 0) is 9.84 Å². The number of aromatic nitrogens is 1. The first kappa shape index (κ1) is 13.2. The quantitative estimate of drug-likeness (QED) is 0.901. The molecule has 2 heterocycles. The van der Waals surface area contributed by atoms with Crippen molar-refractivity contribution < 1.29 is 13.5 Å². The molecule has 106 valence electrons. The van der Waals surface area contributed by atoms with Crippen LogP contribution >= 0.6 is 0 Å². The molecule has 0 amide bonds. The van der Waals surface area contributed by atoms with Gasteiger partial charge in [0.25, 0.3) is 0 Å². The summed E-state index contributed by atoms with van der Waals surface area (Å²) in [5.41, 5.74) is 0. The van der Waals surface area contributed by atoms with Gasteiger partial charge in [-0.05, 0) is 35.9 Å². The molecule has 3 rings (SSSR count). The topological polar surface area (TPSA) is 79.3 Å². The molecule has 20 heavy (non-hydrogen) atoms. The van der Waals surface area contributed by atoms with Crippen LogP contribution in [0.4, 0.5) is 5.82 Å². The van der Waals surface area contributed by atoms with Crippen LogP contribution in [0.15, 0.2) is 30.5 Å². The number of anilines is 1. The minimum absolute atomic E-state index is 0.134. The molecule has 1 aromatic heterocycles. The van der Waals surface area contributed by atoms with Crippen molar-refractivity contribution in [2.75, 3.05) is 23.4 Å². The van der Waals surface area contributed by atoms with E-state index in [2.05, 4.69) is 10.3 Å². The van der Waals surface area contributed by atoms with E-state index in [4.69, 9.17) is 0 Å². The van der Waals surface area contributed by atoms with Gasteiger partial charge < -0.3 is 10.4 Å². The van der Waals surface area contributed by atoms with Crippen LogP contribution in [0.1, 0.15) is 6.42 Å². The number of nitrogens with zero attached hydrogens (tertiary/aromatic N) is 1. The standard InChI is InChI=1S/C14H16N2O3S/c17-12-2-1-11-3-5-15-14(13(11)7-12)16-8-10-4-6-20(18,19)9-10/h1-3,5,7,10,17H,4,6,8-9H2,(H,15,16). The molecule has 1 saturated heterocycles. The lowest BCUT2D eigenvalue weighted by molar-refractivity contribution is 0.476. The predicted molar refractivity (Wildman–Crippen MR) is 78.7 cm³/mol. The summed E-state index contributed by atoms with van der Waals surface area (Å²) in [7, 11) is -2.85. The minimum Gasteiger partial charge on any atom is -0.508 e. The molecule has 0 saturated carbocycles. The van der Waals surface area contributed by atoms with Gasteiger partial charge in [0.15, 0.2) is 9.84 Å². The normalized spacial score (nSPS) is 21.1. The van der Waals surface area contributed by atoms with Gasteiger partial charge in [-0.2, -0.15) is 0 Å². The second kappa shape index (κ2) is 4.94. The fraction of sp³-hybridized carbons (Fsp3) is 0.357. The number of hydrogen-bond acceptors (Lipinski definition) is 5. The van der Waals surface area contributed by atoms with E-state index in [0.29, 0.717) is 18.8 Å². The second-order valence-corrected chi connectivity index (χ2v) is 7.44. The van der Waals surface area contributed by atoms with Gasteiger partial charge in [-0.15, -0.1) is 0 Å². The van der Waals surface area contributed by atoms with Gasteiger partial charge in [0.05, 0.1) is 11.5 Å². The Hall–Kier alpha value is -1.82. The molecule has 1 aromatic carbocycles. The third-order valence-electron chi connectivity index (χ3n) is 3.63. The highest BCUT2D eigenvalue weighted by Gasteiger charge is 2.27. The number of pyridine rings is 1. The summed E-state index contributed by atoms with van der Waals surface area (Å²) in [6.07, 6.45) is 2.40. The van der Waals surface area contributed by atoms with Crippen LogP contribution in [0.2, 0.25) is 0 Å². The van der Waals surface area contributed by atoms with Crippen LogP contribution in [0.5, 0.6) is 5.75 Å². The molecule has 1 fully saturated rings. The molecule has 1 atom stereocenters. The molecule has 0 aliphatic carbocycles. The van der Waals surface area contributed by atoms with E-state index >= 15 is 0 Å². The first-order valence-electron chi connectivity index (χ1n) is 6.55. The zero-order chi connectivity index (χ0) is 14.2. The van der Waals surface area contributed by atoms with E-state index in [1.165, 1.54) is 0 Å². The van der Waals surface area contributed by atoms with Crippen molar-refractivity contribution in [1.82, 2.24) is 4.98 Å². The molecule has 1 unspecified atom stereocenters. The summed E-state index contributed by atoms with van der Waals surface area (Å²) in [6.45, 7) is 0.584. The average molecular weight is 292 g/mol. The predicted octanol–water partition coefficient (Wildman–Crippen LogP) is 1.79. The summed E-state index contributed by atoms with van der Waals surface area (Å²) < 4.78 is 22.9. The third kappa shape index (κ3) is 2.70. The number of benzene rings is 1. The first-order valence-corrected chi connectivity index (χ1v) is 8.38. The molecular weight excluding hydrogens is 276 g/mol. The third-order valence-corrected chi connectivity index (χ3v) is 5.47. The number of nitrogens with one attached hydrogen (secondary N) is 1. The molecule has 5 nitrogen and oxygen atoms in total. The van der Waals surface area contributed by atoms with Crippen molar-refractivity contribution in [3.05, 3.63) is 30.5 Å². The van der Waals surface area contributed by atoms with Gasteiger partial charge in [-0.1, -0.05) is 6.07 Å². The molecule has 0 radical (unpaired) electrons. The average Bonchev–Trinajstić information content (AvgIpc) is 2.76. The van der Waals surface area contributed by atoms with Gasteiger partial charge in [0, 0.05) is 18.1 Å². The molecule has 6 heteroatoms. The number of phenolic OH excluding ortho intramolecular Hbond substituents is 1. The smallest absolute Gasteiger partial charge is 0.150 e. The summed E-state index contributed by atoms with van der Waals surface area (Å²) in [5.74, 6) is 1.54. The van der Waals surface area contributed by atoms with Gasteiger partial charge in [-0.25, -0.2) is 13.4 Å². The lowest BCUT2D eigenvalue weighted by Gasteiger charge is -2.12. The molecule has 0 bridgehead atoms. The van der Waals surface area contributed by atoms with Crippen LogP contribution in [0, 0.1) is 5.92 Å². The number of sulfone groups is 1. The number of fused-ring (bicyclic) bond motifs is 1. The Kier molecular flexibility index (Phi) is 3.25. The fourth-order valence-corrected chi connectivity index (χ4v) is 4.43. The van der Waals surface area contributed by atoms with Gasteiger partial charge in [-0.3, -0.25) is 0 Å². The summed E-state index contributed by atoms with van der Waals surface area (Å²) >= 11 is 0. The van der Waals surface area contributed by atoms with Gasteiger partial charge in [0.2, 0.25) is 0 Å². The second-order valence-electron chi connectivity index (χ2n) is 5.21. The Morgan fingerprint density at radius 3 is 2.95 bits per heavy atom. The number of aromatic hydroxyl groups is 1. The SMILES string of the molecule is O=S1(=O)CCC(CNc2nccc3ccc(O)cc23)C1. The number of rotatable bonds is 3. The zero-order valence-corrected chi connectivity index (χ0v) is 11.7. The van der Waals surface area contributed by atoms with E-state index in [-0.39, 0.29) is 23.2 Å². The summed E-state index contributed by atoms with van der Waals surface area (Å²) in [6, 6.07) is 7.00. The highest BCUT2D eigenvalue weighted by atomic mass is 32.2. The molecule has 2 aromatic rings. The van der Waals surface area contributed by atoms with E-state index in [9.17, 15) is 13.5 Å². The van der Waals surface area contributed by atoms with Crippen molar-refractivity contribution >= 4 is 26.4 Å². The van der Waals surface area contributed by atoms with Gasteiger partial charge in [0.1, 0.15) is 11.6 Å². The van der Waals surface area contributed by atoms with Gasteiger partial charge >= 0.3 is 0 Å². The van der Waals surface area contributed by atoms with Crippen molar-refractivity contribution in [2.24, 2.45) is 5.92 Å². The maximum Gasteiger partial charge on any atom is 0.150 e. The highest BCUT2D eigenvalue weighted by Crippen LogP contribution is 2.26. The van der Waals surface area contributed by atoms with Crippen molar-refractivity contribution in [2.45, 2.75) is 6.42 Å². The summed E-state index contributed by atoms with van der Waals surface area (Å²) in [4.78, 5) is 4.27. The van der Waals surface area contributed by atoms with Crippen molar-refractivity contribution in [1.29, 1.82) is 0 Å². The maximum absolute atomic E-state index is 11.4. The number of hydrogen-bond donors (Lipinski definition) is 2. The largest absolute Gasteiger partial charge is 0.508 e. The van der Waals surface area contributed by atoms with Crippen LogP contribution in [0.25, 0.3) is 10.8 Å². The minimum atomic E-state index is -2.85. The maximum atomic E-state index is 11.4. The van der Waals surface area contributed by atoms with E-state index < -0.39 is 9.84 Å². The van der Waals surface area contributed by atoms with E-state index in [0.717, 1.165) is 10.8 Å². The van der Waals surface area contributed by atoms with E-state index in [1.54, 1.807) is 18.3 Å². The van der Waals surface area contributed by atoms with Crippen LogP contribution in [0.3, 0.4) is 0 Å². The molecular formula is C14H16N2O3S. The Morgan fingerprint density at radius 2 is 2.20 bits per heavy atom. The molecule has 1 aliphatic heterocycles. The monoisotopic (exact) mass is 292 g/mol. The van der Waals surface area contributed by atoms with Crippen molar-refractivity contribution in [3.8, 4) is 5.75 Å². The van der Waals surface area contributed by atoms with Crippen molar-refractivity contribution in [3.63, 3.8) is 0 Å². The highest BCUT2D eigenvalue weighted by molar-refractivity contribution is 7.91.